The van der Waals surface area contributed by atoms with Gasteiger partial charge in [-0.05, 0) is 75.6 Å². The number of esters is 1. The van der Waals surface area contributed by atoms with E-state index in [9.17, 15) is 9.18 Å². The summed E-state index contributed by atoms with van der Waals surface area (Å²) in [7, 11) is 0. The Morgan fingerprint density at radius 3 is 2.78 bits per heavy atom. The van der Waals surface area contributed by atoms with Gasteiger partial charge in [-0.2, -0.15) is 0 Å². The van der Waals surface area contributed by atoms with Crippen molar-refractivity contribution in [2.45, 2.75) is 71.6 Å². The zero-order valence-corrected chi connectivity index (χ0v) is 26.4. The van der Waals surface area contributed by atoms with Crippen molar-refractivity contribution in [1.82, 2.24) is 19.4 Å². The maximum absolute atomic E-state index is 14.4. The molecule has 1 saturated heterocycles. The molecule has 0 spiro atoms. The molecule has 0 aliphatic carbocycles. The van der Waals surface area contributed by atoms with Crippen molar-refractivity contribution < 1.29 is 23.4 Å². The quantitative estimate of drug-likeness (QED) is 0.183. The van der Waals surface area contributed by atoms with Crippen LogP contribution in [0.15, 0.2) is 54.6 Å². The Morgan fingerprint density at radius 1 is 1.18 bits per heavy atom. The molecule has 7 rings (SSSR count). The highest BCUT2D eigenvalue weighted by atomic mass is 35.5. The van der Waals surface area contributed by atoms with Crippen molar-refractivity contribution in [3.8, 4) is 5.75 Å². The monoisotopic (exact) mass is 630 g/mol. The van der Waals surface area contributed by atoms with Gasteiger partial charge >= 0.3 is 5.97 Å². The third-order valence-corrected chi connectivity index (χ3v) is 8.69. The van der Waals surface area contributed by atoms with Gasteiger partial charge in [-0.3, -0.25) is 4.90 Å². The zero-order chi connectivity index (χ0) is 31.3. The fraction of sp³-hybridized carbons (Fsp3) is 0.371. The van der Waals surface area contributed by atoms with E-state index in [1.54, 1.807) is 18.2 Å². The average molecular weight is 631 g/mol. The number of hydrogen-bond acceptors (Lipinski definition) is 6. The van der Waals surface area contributed by atoms with Gasteiger partial charge in [0.15, 0.2) is 0 Å². The van der Waals surface area contributed by atoms with E-state index in [1.807, 2.05) is 45.0 Å². The van der Waals surface area contributed by atoms with Crippen LogP contribution in [0.1, 0.15) is 60.2 Å². The summed E-state index contributed by atoms with van der Waals surface area (Å²) in [6, 6.07) is 16.2. The molecule has 10 heteroatoms. The first-order valence-corrected chi connectivity index (χ1v) is 15.7. The van der Waals surface area contributed by atoms with Crippen molar-refractivity contribution in [3.63, 3.8) is 0 Å². The normalized spacial score (nSPS) is 17.0. The lowest BCUT2D eigenvalue weighted by Gasteiger charge is -2.29. The third kappa shape index (κ3) is 6.17. The lowest BCUT2D eigenvalue weighted by Crippen LogP contribution is -2.34. The first-order chi connectivity index (χ1) is 21.6. The summed E-state index contributed by atoms with van der Waals surface area (Å²) < 4.78 is 34.1. The van der Waals surface area contributed by atoms with E-state index in [0.29, 0.717) is 35.0 Å². The van der Waals surface area contributed by atoms with Crippen LogP contribution in [0.2, 0.25) is 5.02 Å². The minimum absolute atomic E-state index is 0.106. The van der Waals surface area contributed by atoms with E-state index in [4.69, 9.17) is 30.8 Å². The van der Waals surface area contributed by atoms with Crippen LogP contribution in [0.4, 0.5) is 4.39 Å². The highest BCUT2D eigenvalue weighted by Gasteiger charge is 2.27. The van der Waals surface area contributed by atoms with Crippen LogP contribution in [0.25, 0.3) is 21.9 Å². The number of imidazole rings is 1. The Balaban J connectivity index is 1.13. The van der Waals surface area contributed by atoms with Gasteiger partial charge in [0.2, 0.25) is 0 Å². The first kappa shape index (κ1) is 29.8. The van der Waals surface area contributed by atoms with Gasteiger partial charge in [0.1, 0.15) is 29.6 Å². The number of benzene rings is 3. The number of nitrogens with zero attached hydrogens (tertiary/aromatic N) is 3. The number of hydrogen-bond donors (Lipinski definition) is 1. The molecule has 234 valence electrons. The minimum Gasteiger partial charge on any atom is -0.487 e. The number of aromatic nitrogens is 3. The predicted molar refractivity (Wildman–Crippen MR) is 171 cm³/mol. The van der Waals surface area contributed by atoms with Crippen molar-refractivity contribution in [3.05, 3.63) is 93.6 Å². The van der Waals surface area contributed by atoms with Gasteiger partial charge in [-0.1, -0.05) is 29.8 Å². The highest BCUT2D eigenvalue weighted by Crippen LogP contribution is 2.34. The Labute approximate surface area is 266 Å². The summed E-state index contributed by atoms with van der Waals surface area (Å²) in [6.07, 6.45) is 2.01. The number of aromatic amines is 1. The van der Waals surface area contributed by atoms with Gasteiger partial charge < -0.3 is 23.8 Å². The number of nitrogens with one attached hydrogen (secondary N) is 1. The van der Waals surface area contributed by atoms with E-state index < -0.39 is 5.60 Å². The number of H-pyrrole nitrogens is 1. The molecule has 0 unspecified atom stereocenters. The van der Waals surface area contributed by atoms with E-state index in [2.05, 4.69) is 20.5 Å². The third-order valence-electron chi connectivity index (χ3n) is 8.46. The van der Waals surface area contributed by atoms with E-state index in [-0.39, 0.29) is 24.5 Å². The summed E-state index contributed by atoms with van der Waals surface area (Å²) in [6.45, 7) is 9.41. The summed E-state index contributed by atoms with van der Waals surface area (Å²) >= 11 is 5.91. The summed E-state index contributed by atoms with van der Waals surface area (Å²) in [5, 5.41) is 1.49. The molecule has 2 aliphatic heterocycles. The smallest absolute Gasteiger partial charge is 0.338 e. The molecule has 2 aliphatic rings. The van der Waals surface area contributed by atoms with E-state index >= 15 is 0 Å². The van der Waals surface area contributed by atoms with Crippen molar-refractivity contribution in [2.75, 3.05) is 13.2 Å². The first-order valence-electron chi connectivity index (χ1n) is 15.4. The van der Waals surface area contributed by atoms with Crippen LogP contribution in [-0.4, -0.2) is 50.3 Å². The number of para-hydroxylation sites is 1. The van der Waals surface area contributed by atoms with E-state index in [1.165, 1.54) is 11.6 Å². The van der Waals surface area contributed by atoms with Crippen molar-refractivity contribution in [2.24, 2.45) is 0 Å². The largest absolute Gasteiger partial charge is 0.487 e. The van der Waals surface area contributed by atoms with Crippen LogP contribution in [0.5, 0.6) is 5.75 Å². The number of carbonyl (C=O) groups is 1. The van der Waals surface area contributed by atoms with Gasteiger partial charge in [0.05, 0.1) is 41.3 Å². The molecule has 0 saturated carbocycles. The molecule has 1 atom stereocenters. The van der Waals surface area contributed by atoms with Crippen LogP contribution in [0, 0.1) is 5.82 Å². The fourth-order valence-corrected chi connectivity index (χ4v) is 6.29. The maximum Gasteiger partial charge on any atom is 0.338 e. The number of fused-ring (bicyclic) bond motifs is 4. The molecule has 45 heavy (non-hydrogen) atoms. The molecular formula is C35H36ClFN4O4. The molecule has 4 heterocycles. The maximum atomic E-state index is 14.4. The summed E-state index contributed by atoms with van der Waals surface area (Å²) in [5.41, 5.74) is 5.48. The second kappa shape index (κ2) is 11.8. The van der Waals surface area contributed by atoms with Gasteiger partial charge in [-0.25, -0.2) is 14.2 Å². The Morgan fingerprint density at radius 2 is 2.02 bits per heavy atom. The minimum atomic E-state index is -0.575. The lowest BCUT2D eigenvalue weighted by molar-refractivity contribution is -0.0592. The molecule has 0 radical (unpaired) electrons. The Bertz CT molecular complexity index is 1910. The summed E-state index contributed by atoms with van der Waals surface area (Å²) in [5.74, 6) is 0.899. The number of halogens is 2. The van der Waals surface area contributed by atoms with Crippen LogP contribution in [-0.2, 0) is 42.1 Å². The Kier molecular flexibility index (Phi) is 7.79. The molecule has 0 bridgehead atoms. The molecule has 1 N–H and O–H groups in total. The topological polar surface area (TPSA) is 81.6 Å². The predicted octanol–water partition coefficient (Wildman–Crippen LogP) is 7.19. The van der Waals surface area contributed by atoms with Crippen LogP contribution >= 0.6 is 11.6 Å². The number of rotatable bonds is 8. The van der Waals surface area contributed by atoms with Gasteiger partial charge in [-0.15, -0.1) is 0 Å². The molecule has 2 aromatic heterocycles. The van der Waals surface area contributed by atoms with Crippen LogP contribution in [0.3, 0.4) is 0 Å². The fourth-order valence-electron chi connectivity index (χ4n) is 6.14. The molecular weight excluding hydrogens is 595 g/mol. The van der Waals surface area contributed by atoms with Crippen molar-refractivity contribution in [1.29, 1.82) is 0 Å². The van der Waals surface area contributed by atoms with Crippen LogP contribution < -0.4 is 4.74 Å². The molecule has 3 aromatic carbocycles. The highest BCUT2D eigenvalue weighted by molar-refractivity contribution is 6.30. The molecule has 0 amide bonds. The average Bonchev–Trinajstić information content (AvgIpc) is 3.50. The zero-order valence-electron chi connectivity index (χ0n) is 25.7. The Hall–Kier alpha value is -3.92. The molecule has 8 nitrogen and oxygen atoms in total. The molecule has 1 fully saturated rings. The second-order valence-electron chi connectivity index (χ2n) is 12.9. The standard InChI is InChI=1S/C35H36ClFN4O4/c1-35(2,3)45-34(42)21-8-10-28-30(15-21)41(17-24-12-14-43-24)32(38-28)19-40-13-11-25-26-5-4-6-31(33(26)39-29(25)18-40)44-20-22-7-9-23(36)16-27(22)37/h4-10,15-16,24,39H,11-14,17-20H2,1-3H3/t24-/m0/s1. The SMILES string of the molecule is CC(C)(C)OC(=O)c1ccc2nc(CN3CCc4c([nH]c5c(OCc6ccc(Cl)cc6F)cccc45)C3)n(C[C@@H]3CCO3)c2c1. The van der Waals surface area contributed by atoms with Gasteiger partial charge in [0, 0.05) is 41.4 Å². The summed E-state index contributed by atoms with van der Waals surface area (Å²) in [4.78, 5) is 23.9. The second-order valence-corrected chi connectivity index (χ2v) is 13.3. The van der Waals surface area contributed by atoms with Gasteiger partial charge in [0.25, 0.3) is 0 Å². The number of ether oxygens (including phenoxy) is 3. The van der Waals surface area contributed by atoms with E-state index in [0.717, 1.165) is 66.0 Å². The van der Waals surface area contributed by atoms with Crippen molar-refractivity contribution >= 4 is 39.5 Å². The molecule has 5 aromatic rings. The lowest BCUT2D eigenvalue weighted by atomic mass is 10.0. The number of carbonyl (C=O) groups excluding carboxylic acids is 1.